The van der Waals surface area contributed by atoms with Crippen LogP contribution in [0.4, 0.5) is 0 Å². The number of ether oxygens (including phenoxy) is 5. The van der Waals surface area contributed by atoms with Crippen LogP contribution in [-0.4, -0.2) is 68.9 Å². The lowest BCUT2D eigenvalue weighted by Crippen LogP contribution is -2.31. The number of nitrogens with zero attached hydrogens (tertiary/aromatic N) is 1. The number of Topliss-reactive ketones (excluding diaryl/α,β-unsaturated/α-hetero) is 1. The third-order valence-corrected chi connectivity index (χ3v) is 5.98. The summed E-state index contributed by atoms with van der Waals surface area (Å²) in [5.74, 6) is -0.00143. The summed E-state index contributed by atoms with van der Waals surface area (Å²) in [7, 11) is 4.47. The third-order valence-electron chi connectivity index (χ3n) is 5.98. The van der Waals surface area contributed by atoms with Crippen LogP contribution in [0.25, 0.3) is 5.76 Å². The highest BCUT2D eigenvalue weighted by atomic mass is 16.5. The maximum Gasteiger partial charge on any atom is 0.295 e. The number of ketones is 1. The van der Waals surface area contributed by atoms with Crippen molar-refractivity contribution in [3.63, 3.8) is 0 Å². The van der Waals surface area contributed by atoms with Crippen molar-refractivity contribution in [2.45, 2.75) is 39.3 Å². The molecule has 1 aliphatic heterocycles. The molecule has 0 aromatic heterocycles. The fourth-order valence-electron chi connectivity index (χ4n) is 4.30. The zero-order chi connectivity index (χ0) is 27.1. The molecular formula is C28H35NO8. The number of amides is 1. The van der Waals surface area contributed by atoms with Crippen LogP contribution in [0.3, 0.4) is 0 Å². The summed E-state index contributed by atoms with van der Waals surface area (Å²) in [6.45, 7) is 6.90. The van der Waals surface area contributed by atoms with Gasteiger partial charge in [-0.15, -0.1) is 0 Å². The van der Waals surface area contributed by atoms with E-state index in [4.69, 9.17) is 23.7 Å². The molecule has 0 saturated carbocycles. The second-order valence-corrected chi connectivity index (χ2v) is 8.68. The summed E-state index contributed by atoms with van der Waals surface area (Å²) in [5.41, 5.74) is 0.904. The van der Waals surface area contributed by atoms with Crippen LogP contribution in [0.15, 0.2) is 42.0 Å². The highest BCUT2D eigenvalue weighted by molar-refractivity contribution is 6.46. The summed E-state index contributed by atoms with van der Waals surface area (Å²) in [4.78, 5) is 28.0. The molecule has 0 radical (unpaired) electrons. The smallest absolute Gasteiger partial charge is 0.295 e. The molecule has 1 fully saturated rings. The van der Waals surface area contributed by atoms with Crippen molar-refractivity contribution in [3.05, 3.63) is 53.1 Å². The summed E-state index contributed by atoms with van der Waals surface area (Å²) in [6.07, 6.45) is 0.552. The van der Waals surface area contributed by atoms with E-state index in [9.17, 15) is 14.7 Å². The molecule has 1 N–H and O–H groups in total. The molecule has 9 heteroatoms. The molecule has 1 aliphatic rings. The van der Waals surface area contributed by atoms with E-state index in [1.54, 1.807) is 36.4 Å². The van der Waals surface area contributed by atoms with E-state index in [1.807, 2.05) is 20.8 Å². The van der Waals surface area contributed by atoms with Crippen molar-refractivity contribution >= 4 is 17.4 Å². The molecule has 0 aliphatic carbocycles. The average Bonchev–Trinajstić information content (AvgIpc) is 3.15. The van der Waals surface area contributed by atoms with Gasteiger partial charge in [-0.05, 0) is 69.2 Å². The van der Waals surface area contributed by atoms with Crippen molar-refractivity contribution in [1.82, 2.24) is 4.90 Å². The van der Waals surface area contributed by atoms with Gasteiger partial charge in [0.25, 0.3) is 11.7 Å². The van der Waals surface area contributed by atoms with Gasteiger partial charge in [-0.25, -0.2) is 0 Å². The van der Waals surface area contributed by atoms with Crippen LogP contribution in [0.2, 0.25) is 0 Å². The Kier molecular flexibility index (Phi) is 9.41. The van der Waals surface area contributed by atoms with E-state index in [1.165, 1.54) is 26.2 Å². The van der Waals surface area contributed by atoms with Gasteiger partial charge in [0.15, 0.2) is 11.5 Å². The Labute approximate surface area is 217 Å². The maximum absolute atomic E-state index is 13.3. The van der Waals surface area contributed by atoms with Gasteiger partial charge in [-0.3, -0.25) is 9.59 Å². The summed E-state index contributed by atoms with van der Waals surface area (Å²) >= 11 is 0. The number of benzene rings is 2. The number of aliphatic hydroxyl groups is 1. The fourth-order valence-corrected chi connectivity index (χ4v) is 4.30. The Morgan fingerprint density at radius 1 is 1.00 bits per heavy atom. The highest BCUT2D eigenvalue weighted by Crippen LogP contribution is 2.45. The predicted octanol–water partition coefficient (Wildman–Crippen LogP) is 4.35. The Balaban J connectivity index is 2.14. The van der Waals surface area contributed by atoms with E-state index < -0.39 is 17.7 Å². The lowest BCUT2D eigenvalue weighted by atomic mass is 9.94. The minimum absolute atomic E-state index is 0.0202. The van der Waals surface area contributed by atoms with Crippen molar-refractivity contribution in [2.75, 3.05) is 41.1 Å². The summed E-state index contributed by atoms with van der Waals surface area (Å²) < 4.78 is 27.5. The predicted molar refractivity (Wildman–Crippen MR) is 138 cm³/mol. The number of carbonyl (C=O) groups is 2. The van der Waals surface area contributed by atoms with Gasteiger partial charge in [0.2, 0.25) is 5.75 Å². The first-order valence-electron chi connectivity index (χ1n) is 12.2. The molecule has 9 nitrogen and oxygen atoms in total. The molecular weight excluding hydrogens is 478 g/mol. The number of methoxy groups -OCH3 is 3. The van der Waals surface area contributed by atoms with Gasteiger partial charge in [0.1, 0.15) is 11.5 Å². The summed E-state index contributed by atoms with van der Waals surface area (Å²) in [6, 6.07) is 9.19. The molecule has 2 aromatic rings. The van der Waals surface area contributed by atoms with E-state index in [0.717, 1.165) is 0 Å². The third kappa shape index (κ3) is 5.99. The highest BCUT2D eigenvalue weighted by Gasteiger charge is 2.46. The minimum atomic E-state index is -0.876. The first-order valence-corrected chi connectivity index (χ1v) is 12.2. The molecule has 0 bridgehead atoms. The van der Waals surface area contributed by atoms with Gasteiger partial charge in [0.05, 0.1) is 45.7 Å². The van der Waals surface area contributed by atoms with E-state index in [0.29, 0.717) is 53.8 Å². The number of hydrogen-bond donors (Lipinski definition) is 1. The topological polar surface area (TPSA) is 104 Å². The molecule has 200 valence electrons. The molecule has 1 unspecified atom stereocenters. The number of rotatable bonds is 12. The van der Waals surface area contributed by atoms with Crippen molar-refractivity contribution < 1.29 is 38.4 Å². The van der Waals surface area contributed by atoms with Crippen LogP contribution in [0.1, 0.15) is 44.4 Å². The number of carbonyl (C=O) groups excluding carboxylic acids is 2. The van der Waals surface area contributed by atoms with Gasteiger partial charge in [-0.2, -0.15) is 0 Å². The average molecular weight is 514 g/mol. The lowest BCUT2D eigenvalue weighted by molar-refractivity contribution is -0.140. The van der Waals surface area contributed by atoms with Crippen LogP contribution < -0.4 is 18.9 Å². The van der Waals surface area contributed by atoms with Crippen molar-refractivity contribution in [2.24, 2.45) is 0 Å². The Morgan fingerprint density at radius 2 is 1.62 bits per heavy atom. The lowest BCUT2D eigenvalue weighted by Gasteiger charge is -2.26. The minimum Gasteiger partial charge on any atom is -0.507 e. The van der Waals surface area contributed by atoms with Gasteiger partial charge < -0.3 is 33.7 Å². The molecule has 37 heavy (non-hydrogen) atoms. The second kappa shape index (κ2) is 12.5. The zero-order valence-electron chi connectivity index (χ0n) is 22.2. The molecule has 1 saturated heterocycles. The fraction of sp³-hybridized carbons (Fsp3) is 0.429. The largest absolute Gasteiger partial charge is 0.507 e. The Morgan fingerprint density at radius 3 is 2.14 bits per heavy atom. The van der Waals surface area contributed by atoms with Gasteiger partial charge in [0, 0.05) is 18.7 Å². The quantitative estimate of drug-likeness (QED) is 0.193. The van der Waals surface area contributed by atoms with Crippen molar-refractivity contribution in [3.8, 4) is 23.0 Å². The standard InChI is InChI=1S/C28H35NO8/c1-7-36-20-11-9-18(10-12-20)25(30)23-24(19-15-21(33-4)27(35-6)22(16-19)34-5)29(28(32)26(23)31)13-8-14-37-17(2)3/h9-12,15-17,24,30H,7-8,13-14H2,1-6H3/b25-23+. The number of aliphatic hydroxyl groups excluding tert-OH is 1. The van der Waals surface area contributed by atoms with E-state index in [2.05, 4.69) is 0 Å². The molecule has 0 spiro atoms. The van der Waals surface area contributed by atoms with Crippen LogP contribution >= 0.6 is 0 Å². The first kappa shape index (κ1) is 27.9. The van der Waals surface area contributed by atoms with Crippen LogP contribution in [0, 0.1) is 0 Å². The monoisotopic (exact) mass is 513 g/mol. The van der Waals surface area contributed by atoms with Gasteiger partial charge >= 0.3 is 0 Å². The molecule has 2 aromatic carbocycles. The first-order chi connectivity index (χ1) is 17.8. The van der Waals surface area contributed by atoms with Crippen molar-refractivity contribution in [1.29, 1.82) is 0 Å². The summed E-state index contributed by atoms with van der Waals surface area (Å²) in [5, 5.41) is 11.3. The second-order valence-electron chi connectivity index (χ2n) is 8.68. The SMILES string of the molecule is CCOc1ccc(/C(O)=C2\C(=O)C(=O)N(CCCOC(C)C)C2c2cc(OC)c(OC)c(OC)c2)cc1. The normalized spacial score (nSPS) is 16.8. The van der Waals surface area contributed by atoms with E-state index >= 15 is 0 Å². The molecule has 1 atom stereocenters. The zero-order valence-corrected chi connectivity index (χ0v) is 22.2. The Hall–Kier alpha value is -3.72. The van der Waals surface area contributed by atoms with Gasteiger partial charge in [-0.1, -0.05) is 0 Å². The maximum atomic E-state index is 13.3. The van der Waals surface area contributed by atoms with E-state index in [-0.39, 0.29) is 24.0 Å². The number of hydrogen-bond acceptors (Lipinski definition) is 8. The molecule has 3 rings (SSSR count). The van der Waals surface area contributed by atoms with Crippen LogP contribution in [-0.2, 0) is 14.3 Å². The Bertz CT molecular complexity index is 1110. The number of likely N-dealkylation sites (tertiary alicyclic amines) is 1. The molecule has 1 amide bonds. The van der Waals surface area contributed by atoms with Crippen LogP contribution in [0.5, 0.6) is 23.0 Å². The molecule has 1 heterocycles.